The Morgan fingerprint density at radius 2 is 1.55 bits per heavy atom. The van der Waals surface area contributed by atoms with E-state index in [-0.39, 0.29) is 23.5 Å². The summed E-state index contributed by atoms with van der Waals surface area (Å²) >= 11 is 0. The number of carbonyl (C=O) groups is 4. The summed E-state index contributed by atoms with van der Waals surface area (Å²) in [7, 11) is 0. The second kappa shape index (κ2) is 10.9. The van der Waals surface area contributed by atoms with Crippen LogP contribution >= 0.6 is 0 Å². The summed E-state index contributed by atoms with van der Waals surface area (Å²) in [6, 6.07) is 12.6. The van der Waals surface area contributed by atoms with Crippen molar-refractivity contribution in [3.8, 4) is 0 Å². The lowest BCUT2D eigenvalue weighted by molar-refractivity contribution is -0.146. The predicted molar refractivity (Wildman–Crippen MR) is 127 cm³/mol. The molecule has 0 heterocycles. The molecule has 0 fully saturated rings. The lowest BCUT2D eigenvalue weighted by atomic mass is 9.95. The number of ketones is 1. The molecule has 2 amide bonds. The summed E-state index contributed by atoms with van der Waals surface area (Å²) in [5.74, 6) is -1.80. The molecular formula is C26H32N2O5. The Morgan fingerprint density at radius 1 is 0.939 bits per heavy atom. The van der Waals surface area contributed by atoms with Crippen molar-refractivity contribution in [1.82, 2.24) is 5.32 Å². The van der Waals surface area contributed by atoms with Gasteiger partial charge in [-0.3, -0.25) is 14.4 Å². The van der Waals surface area contributed by atoms with Gasteiger partial charge in [0.05, 0.1) is 0 Å². The van der Waals surface area contributed by atoms with Gasteiger partial charge >= 0.3 is 5.97 Å². The standard InChI is InChI=1S/C26H32N2O5/c1-16(2)22(28-23(30)20-10-8-7-9-17(20)3)24(31)33-15-21(29)18-11-13-19(14-12-18)27-25(32)26(4,5)6/h7-14,16,22H,15H2,1-6H3,(H,27,32)(H,28,30)/t22-/m0/s1. The van der Waals surface area contributed by atoms with E-state index in [9.17, 15) is 19.2 Å². The summed E-state index contributed by atoms with van der Waals surface area (Å²) in [4.78, 5) is 49.7. The second-order valence-electron chi connectivity index (χ2n) is 9.32. The number of hydrogen-bond acceptors (Lipinski definition) is 5. The van der Waals surface area contributed by atoms with Crippen molar-refractivity contribution in [3.05, 3.63) is 65.2 Å². The SMILES string of the molecule is Cc1ccccc1C(=O)N[C@H](C(=O)OCC(=O)c1ccc(NC(=O)C(C)(C)C)cc1)C(C)C. The molecule has 7 heteroatoms. The maximum absolute atomic E-state index is 12.6. The van der Waals surface area contributed by atoms with Crippen LogP contribution in [0.25, 0.3) is 0 Å². The zero-order valence-corrected chi connectivity index (χ0v) is 20.0. The summed E-state index contributed by atoms with van der Waals surface area (Å²) < 4.78 is 5.22. The predicted octanol–water partition coefficient (Wildman–Crippen LogP) is 4.16. The number of hydrogen-bond donors (Lipinski definition) is 2. The van der Waals surface area contributed by atoms with Crippen molar-refractivity contribution in [1.29, 1.82) is 0 Å². The van der Waals surface area contributed by atoms with Crippen LogP contribution in [0.5, 0.6) is 0 Å². The Hall–Kier alpha value is -3.48. The molecule has 0 aliphatic rings. The highest BCUT2D eigenvalue weighted by Gasteiger charge is 2.27. The van der Waals surface area contributed by atoms with E-state index in [1.807, 2.05) is 39.8 Å². The number of Topliss-reactive ketones (excluding diaryl/α,β-unsaturated/α-hetero) is 1. The zero-order valence-electron chi connectivity index (χ0n) is 20.0. The number of rotatable bonds is 8. The third-order valence-corrected chi connectivity index (χ3v) is 5.09. The van der Waals surface area contributed by atoms with E-state index in [0.29, 0.717) is 16.8 Å². The maximum Gasteiger partial charge on any atom is 0.329 e. The Labute approximate surface area is 194 Å². The topological polar surface area (TPSA) is 102 Å². The Bertz CT molecular complexity index is 1020. The average Bonchev–Trinajstić information content (AvgIpc) is 2.75. The second-order valence-corrected chi connectivity index (χ2v) is 9.32. The van der Waals surface area contributed by atoms with Crippen LogP contribution in [0.3, 0.4) is 0 Å². The van der Waals surface area contributed by atoms with Crippen LogP contribution in [0, 0.1) is 18.3 Å². The first-order valence-electron chi connectivity index (χ1n) is 10.9. The molecule has 0 saturated carbocycles. The number of esters is 1. The Kier molecular flexibility index (Phi) is 8.51. The van der Waals surface area contributed by atoms with Crippen LogP contribution in [-0.4, -0.2) is 36.2 Å². The molecule has 33 heavy (non-hydrogen) atoms. The minimum Gasteiger partial charge on any atom is -0.456 e. The van der Waals surface area contributed by atoms with Gasteiger partial charge in [0.2, 0.25) is 5.91 Å². The van der Waals surface area contributed by atoms with E-state index in [4.69, 9.17) is 4.74 Å². The number of amides is 2. The monoisotopic (exact) mass is 452 g/mol. The van der Waals surface area contributed by atoms with Crippen LogP contribution in [-0.2, 0) is 14.3 Å². The molecule has 0 spiro atoms. The Balaban J connectivity index is 1.97. The van der Waals surface area contributed by atoms with Gasteiger partial charge in [0.1, 0.15) is 6.04 Å². The third kappa shape index (κ3) is 7.27. The van der Waals surface area contributed by atoms with Gasteiger partial charge in [0, 0.05) is 22.2 Å². The molecule has 0 radical (unpaired) electrons. The van der Waals surface area contributed by atoms with E-state index in [1.54, 1.807) is 50.2 Å². The van der Waals surface area contributed by atoms with Gasteiger partial charge in [-0.1, -0.05) is 52.8 Å². The molecule has 0 bridgehead atoms. The van der Waals surface area contributed by atoms with Gasteiger partial charge in [-0.15, -0.1) is 0 Å². The van der Waals surface area contributed by atoms with Crippen LogP contribution in [0.4, 0.5) is 5.69 Å². The summed E-state index contributed by atoms with van der Waals surface area (Å²) in [5.41, 5.74) is 1.65. The molecule has 2 aromatic carbocycles. The van der Waals surface area contributed by atoms with Gasteiger partial charge in [-0.05, 0) is 48.7 Å². The van der Waals surface area contributed by atoms with E-state index < -0.39 is 24.0 Å². The molecular weight excluding hydrogens is 420 g/mol. The summed E-state index contributed by atoms with van der Waals surface area (Å²) in [5, 5.41) is 5.50. The smallest absolute Gasteiger partial charge is 0.329 e. The van der Waals surface area contributed by atoms with Crippen molar-refractivity contribution in [3.63, 3.8) is 0 Å². The van der Waals surface area contributed by atoms with Gasteiger partial charge in [0.25, 0.3) is 5.91 Å². The van der Waals surface area contributed by atoms with Crippen molar-refractivity contribution >= 4 is 29.3 Å². The molecule has 0 aromatic heterocycles. The van der Waals surface area contributed by atoms with Crippen LogP contribution in [0.2, 0.25) is 0 Å². The molecule has 0 unspecified atom stereocenters. The number of ether oxygens (including phenoxy) is 1. The van der Waals surface area contributed by atoms with Gasteiger partial charge < -0.3 is 15.4 Å². The highest BCUT2D eigenvalue weighted by Crippen LogP contribution is 2.18. The lowest BCUT2D eigenvalue weighted by Gasteiger charge is -2.21. The number of carbonyl (C=O) groups excluding carboxylic acids is 4. The fourth-order valence-corrected chi connectivity index (χ4v) is 2.91. The van der Waals surface area contributed by atoms with Crippen molar-refractivity contribution in [2.45, 2.75) is 47.6 Å². The van der Waals surface area contributed by atoms with Crippen molar-refractivity contribution < 1.29 is 23.9 Å². The number of aryl methyl sites for hydroxylation is 1. The fraction of sp³-hybridized carbons (Fsp3) is 0.385. The molecule has 0 saturated heterocycles. The first-order valence-corrected chi connectivity index (χ1v) is 10.9. The van der Waals surface area contributed by atoms with Crippen molar-refractivity contribution in [2.75, 3.05) is 11.9 Å². The van der Waals surface area contributed by atoms with Crippen LogP contribution < -0.4 is 10.6 Å². The normalized spacial score (nSPS) is 12.1. The molecule has 1 atom stereocenters. The minimum atomic E-state index is -0.889. The Morgan fingerprint density at radius 3 is 2.09 bits per heavy atom. The quantitative estimate of drug-likeness (QED) is 0.463. The maximum atomic E-state index is 12.6. The molecule has 7 nitrogen and oxygen atoms in total. The first kappa shape index (κ1) is 25.8. The van der Waals surface area contributed by atoms with Gasteiger partial charge in [-0.25, -0.2) is 4.79 Å². The lowest BCUT2D eigenvalue weighted by Crippen LogP contribution is -2.45. The molecule has 2 aromatic rings. The average molecular weight is 453 g/mol. The van der Waals surface area contributed by atoms with Crippen LogP contribution in [0.15, 0.2) is 48.5 Å². The van der Waals surface area contributed by atoms with Gasteiger partial charge in [-0.2, -0.15) is 0 Å². The highest BCUT2D eigenvalue weighted by atomic mass is 16.5. The fourth-order valence-electron chi connectivity index (χ4n) is 2.91. The largest absolute Gasteiger partial charge is 0.456 e. The van der Waals surface area contributed by atoms with Crippen molar-refractivity contribution in [2.24, 2.45) is 11.3 Å². The van der Waals surface area contributed by atoms with E-state index in [0.717, 1.165) is 5.56 Å². The zero-order chi connectivity index (χ0) is 24.8. The number of nitrogens with one attached hydrogen (secondary N) is 2. The molecule has 2 rings (SSSR count). The molecule has 0 aliphatic carbocycles. The van der Waals surface area contributed by atoms with E-state index >= 15 is 0 Å². The molecule has 2 N–H and O–H groups in total. The number of benzene rings is 2. The van der Waals surface area contributed by atoms with Crippen LogP contribution in [0.1, 0.15) is 60.9 Å². The third-order valence-electron chi connectivity index (χ3n) is 5.09. The molecule has 0 aliphatic heterocycles. The summed E-state index contributed by atoms with van der Waals surface area (Å²) in [6.07, 6.45) is 0. The summed E-state index contributed by atoms with van der Waals surface area (Å²) in [6.45, 7) is 10.4. The van der Waals surface area contributed by atoms with Gasteiger partial charge in [0.15, 0.2) is 12.4 Å². The highest BCUT2D eigenvalue weighted by molar-refractivity contribution is 6.00. The van der Waals surface area contributed by atoms with E-state index in [2.05, 4.69) is 10.6 Å². The minimum absolute atomic E-state index is 0.136. The molecule has 176 valence electrons. The van der Waals surface area contributed by atoms with E-state index in [1.165, 1.54) is 0 Å². The first-order chi connectivity index (χ1) is 15.4. The number of anilines is 1.